The zero-order valence-corrected chi connectivity index (χ0v) is 13.3. The largest absolute Gasteiger partial charge is 0.471 e. The van der Waals surface area contributed by atoms with Gasteiger partial charge in [-0.15, -0.1) is 5.10 Å². The summed E-state index contributed by atoms with van der Waals surface area (Å²) in [6.45, 7) is 2.92. The average molecular weight is 326 g/mol. The lowest BCUT2D eigenvalue weighted by atomic mass is 10.1. The standard InChI is InChI=1S/C16H14N4O2S/c1-10-15(23-19-18-10)16(21)20-8-12(9-20)22-14-7-6-11-4-2-3-5-13(11)17-14/h2-7,12H,8-9H2,1H3. The number of hydrogen-bond donors (Lipinski definition) is 0. The van der Waals surface area contributed by atoms with E-state index >= 15 is 0 Å². The molecule has 1 saturated heterocycles. The van der Waals surface area contributed by atoms with Crippen LogP contribution in [0.1, 0.15) is 15.4 Å². The number of ether oxygens (including phenoxy) is 1. The molecule has 3 aromatic rings. The van der Waals surface area contributed by atoms with E-state index in [1.807, 2.05) is 36.4 Å². The number of benzene rings is 1. The van der Waals surface area contributed by atoms with Crippen LogP contribution in [-0.2, 0) is 0 Å². The lowest BCUT2D eigenvalue weighted by molar-refractivity contribution is 0.0164. The zero-order valence-electron chi connectivity index (χ0n) is 12.5. The van der Waals surface area contributed by atoms with Crippen molar-refractivity contribution in [1.29, 1.82) is 0 Å². The van der Waals surface area contributed by atoms with E-state index in [9.17, 15) is 4.79 Å². The molecule has 1 aromatic carbocycles. The van der Waals surface area contributed by atoms with Gasteiger partial charge in [0.2, 0.25) is 5.88 Å². The van der Waals surface area contributed by atoms with Gasteiger partial charge in [0.05, 0.1) is 24.3 Å². The first kappa shape index (κ1) is 14.1. The molecule has 7 heteroatoms. The van der Waals surface area contributed by atoms with Crippen molar-refractivity contribution < 1.29 is 9.53 Å². The van der Waals surface area contributed by atoms with Crippen LogP contribution in [0.25, 0.3) is 10.9 Å². The Balaban J connectivity index is 1.40. The fraction of sp³-hybridized carbons (Fsp3) is 0.250. The summed E-state index contributed by atoms with van der Waals surface area (Å²) in [6.07, 6.45) is -0.0196. The van der Waals surface area contributed by atoms with Crippen LogP contribution in [-0.4, -0.2) is 44.6 Å². The monoisotopic (exact) mass is 326 g/mol. The number of likely N-dealkylation sites (tertiary alicyclic amines) is 1. The molecule has 0 radical (unpaired) electrons. The quantitative estimate of drug-likeness (QED) is 0.739. The van der Waals surface area contributed by atoms with E-state index in [2.05, 4.69) is 14.6 Å². The lowest BCUT2D eigenvalue weighted by Crippen LogP contribution is -2.56. The van der Waals surface area contributed by atoms with Gasteiger partial charge in [-0.05, 0) is 30.6 Å². The van der Waals surface area contributed by atoms with Crippen LogP contribution < -0.4 is 4.74 Å². The number of nitrogens with zero attached hydrogens (tertiary/aromatic N) is 4. The number of para-hydroxylation sites is 1. The maximum atomic E-state index is 12.3. The number of carbonyl (C=O) groups is 1. The van der Waals surface area contributed by atoms with Crippen molar-refractivity contribution in [1.82, 2.24) is 19.5 Å². The predicted molar refractivity (Wildman–Crippen MR) is 86.7 cm³/mol. The Kier molecular flexibility index (Phi) is 3.42. The van der Waals surface area contributed by atoms with Gasteiger partial charge in [-0.1, -0.05) is 22.7 Å². The number of hydrogen-bond acceptors (Lipinski definition) is 6. The van der Waals surface area contributed by atoms with E-state index in [-0.39, 0.29) is 12.0 Å². The van der Waals surface area contributed by atoms with Crippen LogP contribution in [0, 0.1) is 6.92 Å². The van der Waals surface area contributed by atoms with Gasteiger partial charge in [-0.2, -0.15) is 0 Å². The smallest absolute Gasteiger partial charge is 0.267 e. The number of amides is 1. The van der Waals surface area contributed by atoms with Gasteiger partial charge in [0, 0.05) is 11.5 Å². The van der Waals surface area contributed by atoms with E-state index in [0.29, 0.717) is 29.5 Å². The molecule has 0 aliphatic carbocycles. The Bertz CT molecular complexity index is 873. The summed E-state index contributed by atoms with van der Waals surface area (Å²) in [5.74, 6) is 0.570. The minimum absolute atomic E-state index is 0.0196. The second-order valence-electron chi connectivity index (χ2n) is 5.48. The van der Waals surface area contributed by atoms with Gasteiger partial charge < -0.3 is 9.64 Å². The number of aromatic nitrogens is 3. The van der Waals surface area contributed by atoms with Gasteiger partial charge in [0.15, 0.2) is 0 Å². The van der Waals surface area contributed by atoms with Crippen molar-refractivity contribution in [2.24, 2.45) is 0 Å². The topological polar surface area (TPSA) is 68.2 Å². The third-order valence-corrected chi connectivity index (χ3v) is 4.66. The van der Waals surface area contributed by atoms with E-state index in [1.165, 1.54) is 0 Å². The average Bonchev–Trinajstić information content (AvgIpc) is 2.96. The lowest BCUT2D eigenvalue weighted by Gasteiger charge is -2.38. The van der Waals surface area contributed by atoms with Gasteiger partial charge >= 0.3 is 0 Å². The van der Waals surface area contributed by atoms with Crippen molar-refractivity contribution in [3.8, 4) is 5.88 Å². The summed E-state index contributed by atoms with van der Waals surface area (Å²) < 4.78 is 9.66. The fourth-order valence-corrected chi connectivity index (χ4v) is 3.16. The van der Waals surface area contributed by atoms with Crippen LogP contribution >= 0.6 is 11.5 Å². The van der Waals surface area contributed by atoms with Crippen molar-refractivity contribution in [2.45, 2.75) is 13.0 Å². The second-order valence-corrected chi connectivity index (χ2v) is 6.23. The van der Waals surface area contributed by atoms with Gasteiger partial charge in [0.25, 0.3) is 5.91 Å². The Morgan fingerprint density at radius 1 is 1.26 bits per heavy atom. The molecular formula is C16H14N4O2S. The first-order valence-electron chi connectivity index (χ1n) is 7.31. The van der Waals surface area contributed by atoms with Crippen LogP contribution in [0.3, 0.4) is 0 Å². The molecule has 116 valence electrons. The Morgan fingerprint density at radius 2 is 2.09 bits per heavy atom. The van der Waals surface area contributed by atoms with Crippen molar-refractivity contribution in [2.75, 3.05) is 13.1 Å². The molecule has 2 aromatic heterocycles. The van der Waals surface area contributed by atoms with E-state index < -0.39 is 0 Å². The number of pyridine rings is 1. The van der Waals surface area contributed by atoms with Crippen molar-refractivity contribution >= 4 is 28.3 Å². The molecule has 1 amide bonds. The molecule has 0 bridgehead atoms. The molecule has 1 aliphatic rings. The SMILES string of the molecule is Cc1nnsc1C(=O)N1CC(Oc2ccc3ccccc3n2)C1. The van der Waals surface area contributed by atoms with E-state index in [0.717, 1.165) is 22.4 Å². The number of aryl methyl sites for hydroxylation is 1. The maximum Gasteiger partial charge on any atom is 0.267 e. The van der Waals surface area contributed by atoms with Crippen LogP contribution in [0.15, 0.2) is 36.4 Å². The van der Waals surface area contributed by atoms with Crippen LogP contribution in [0.2, 0.25) is 0 Å². The second kappa shape index (κ2) is 5.58. The van der Waals surface area contributed by atoms with Gasteiger partial charge in [-0.3, -0.25) is 4.79 Å². The highest BCUT2D eigenvalue weighted by Crippen LogP contribution is 2.22. The number of fused-ring (bicyclic) bond motifs is 1. The summed E-state index contributed by atoms with van der Waals surface area (Å²) in [7, 11) is 0. The molecular weight excluding hydrogens is 312 g/mol. The third-order valence-electron chi connectivity index (χ3n) is 3.84. The molecule has 1 fully saturated rings. The number of rotatable bonds is 3. The van der Waals surface area contributed by atoms with Crippen molar-refractivity contribution in [3.63, 3.8) is 0 Å². The summed E-state index contributed by atoms with van der Waals surface area (Å²) >= 11 is 1.14. The molecule has 6 nitrogen and oxygen atoms in total. The number of carbonyl (C=O) groups excluding carboxylic acids is 1. The molecule has 23 heavy (non-hydrogen) atoms. The molecule has 0 atom stereocenters. The minimum atomic E-state index is -0.0242. The van der Waals surface area contributed by atoms with Gasteiger partial charge in [0.1, 0.15) is 11.0 Å². The fourth-order valence-electron chi connectivity index (χ4n) is 2.53. The first-order valence-corrected chi connectivity index (χ1v) is 8.09. The maximum absolute atomic E-state index is 12.3. The Hall–Kier alpha value is -2.54. The van der Waals surface area contributed by atoms with Gasteiger partial charge in [-0.25, -0.2) is 4.98 Å². The molecule has 4 rings (SSSR count). The van der Waals surface area contributed by atoms with E-state index in [1.54, 1.807) is 11.8 Å². The molecule has 0 unspecified atom stereocenters. The normalized spacial score (nSPS) is 14.7. The summed E-state index contributed by atoms with van der Waals surface area (Å²) in [5, 5.41) is 4.96. The van der Waals surface area contributed by atoms with E-state index in [4.69, 9.17) is 4.74 Å². The zero-order chi connectivity index (χ0) is 15.8. The minimum Gasteiger partial charge on any atom is -0.471 e. The molecule has 0 saturated carbocycles. The van der Waals surface area contributed by atoms with Crippen LogP contribution in [0.4, 0.5) is 0 Å². The Labute approximate surface area is 136 Å². The molecule has 0 N–H and O–H groups in total. The highest BCUT2D eigenvalue weighted by atomic mass is 32.1. The Morgan fingerprint density at radius 3 is 2.87 bits per heavy atom. The summed E-state index contributed by atoms with van der Waals surface area (Å²) in [5.41, 5.74) is 1.59. The third kappa shape index (κ3) is 2.63. The highest BCUT2D eigenvalue weighted by molar-refractivity contribution is 7.07. The first-order chi connectivity index (χ1) is 11.2. The summed E-state index contributed by atoms with van der Waals surface area (Å²) in [6, 6.07) is 11.8. The molecule has 1 aliphatic heterocycles. The summed E-state index contributed by atoms with van der Waals surface area (Å²) in [4.78, 5) is 19.1. The van der Waals surface area contributed by atoms with Crippen LogP contribution in [0.5, 0.6) is 5.88 Å². The highest BCUT2D eigenvalue weighted by Gasteiger charge is 2.34. The van der Waals surface area contributed by atoms with Crippen molar-refractivity contribution in [3.05, 3.63) is 47.0 Å². The molecule has 0 spiro atoms. The molecule has 3 heterocycles. The predicted octanol–water partition coefficient (Wildman–Crippen LogP) is 2.30.